The van der Waals surface area contributed by atoms with Crippen LogP contribution < -0.4 is 4.90 Å². The largest absolute Gasteiger partial charge is 0.462 e. The minimum absolute atomic E-state index is 0.222. The van der Waals surface area contributed by atoms with Gasteiger partial charge in [0.05, 0.1) is 12.2 Å². The Morgan fingerprint density at radius 1 is 1.28 bits per heavy atom. The molecule has 1 aromatic carbocycles. The predicted molar refractivity (Wildman–Crippen MR) is 73.2 cm³/mol. The van der Waals surface area contributed by atoms with Crippen LogP contribution in [0.2, 0.25) is 0 Å². The van der Waals surface area contributed by atoms with E-state index in [0.29, 0.717) is 12.2 Å². The minimum Gasteiger partial charge on any atom is -0.462 e. The van der Waals surface area contributed by atoms with E-state index >= 15 is 0 Å². The molecular weight excluding hydrogens is 226 g/mol. The number of hydrogen-bond donors (Lipinski definition) is 0. The van der Waals surface area contributed by atoms with Gasteiger partial charge in [-0.15, -0.1) is 0 Å². The van der Waals surface area contributed by atoms with Gasteiger partial charge in [-0.25, -0.2) is 4.79 Å². The Kier molecular flexibility index (Phi) is 4.24. The van der Waals surface area contributed by atoms with Gasteiger partial charge in [-0.1, -0.05) is 0 Å². The smallest absolute Gasteiger partial charge is 0.338 e. The summed E-state index contributed by atoms with van der Waals surface area (Å²) in [5.41, 5.74) is 2.90. The number of rotatable bonds is 3. The van der Waals surface area contributed by atoms with E-state index < -0.39 is 0 Å². The van der Waals surface area contributed by atoms with Crippen molar-refractivity contribution >= 4 is 11.7 Å². The van der Waals surface area contributed by atoms with E-state index in [9.17, 15) is 4.79 Å². The molecule has 0 radical (unpaired) electrons. The molecule has 1 heterocycles. The van der Waals surface area contributed by atoms with Crippen LogP contribution in [0.4, 0.5) is 5.69 Å². The Hall–Kier alpha value is -1.51. The predicted octanol–water partition coefficient (Wildman–Crippen LogP) is 3.16. The maximum atomic E-state index is 11.7. The molecule has 1 aliphatic heterocycles. The van der Waals surface area contributed by atoms with E-state index in [-0.39, 0.29) is 5.97 Å². The molecule has 18 heavy (non-hydrogen) atoms. The van der Waals surface area contributed by atoms with Crippen LogP contribution in [0.3, 0.4) is 0 Å². The van der Waals surface area contributed by atoms with Crippen molar-refractivity contribution in [2.75, 3.05) is 24.6 Å². The van der Waals surface area contributed by atoms with Crippen molar-refractivity contribution in [3.8, 4) is 0 Å². The number of aryl methyl sites for hydroxylation is 1. The maximum Gasteiger partial charge on any atom is 0.338 e. The highest BCUT2D eigenvalue weighted by Crippen LogP contribution is 2.23. The lowest BCUT2D eigenvalue weighted by molar-refractivity contribution is 0.0525. The molecule has 0 unspecified atom stereocenters. The van der Waals surface area contributed by atoms with Gasteiger partial charge < -0.3 is 9.64 Å². The van der Waals surface area contributed by atoms with Crippen LogP contribution in [0, 0.1) is 6.92 Å². The van der Waals surface area contributed by atoms with Crippen molar-refractivity contribution in [2.45, 2.75) is 33.1 Å². The maximum absolute atomic E-state index is 11.7. The first-order chi connectivity index (χ1) is 8.72. The first-order valence-electron chi connectivity index (χ1n) is 6.75. The Balaban J connectivity index is 2.16. The third kappa shape index (κ3) is 2.84. The molecule has 0 aliphatic carbocycles. The second-order valence-electron chi connectivity index (χ2n) is 4.77. The molecule has 0 amide bonds. The Morgan fingerprint density at radius 2 is 2.00 bits per heavy atom. The van der Waals surface area contributed by atoms with Crippen LogP contribution in [0.25, 0.3) is 0 Å². The van der Waals surface area contributed by atoms with Crippen molar-refractivity contribution in [3.05, 3.63) is 29.3 Å². The number of piperidine rings is 1. The average Bonchev–Trinajstić information content (AvgIpc) is 2.40. The van der Waals surface area contributed by atoms with Gasteiger partial charge in [0.2, 0.25) is 0 Å². The first-order valence-corrected chi connectivity index (χ1v) is 6.75. The molecule has 0 spiro atoms. The van der Waals surface area contributed by atoms with Crippen molar-refractivity contribution < 1.29 is 9.53 Å². The monoisotopic (exact) mass is 247 g/mol. The lowest BCUT2D eigenvalue weighted by Crippen LogP contribution is -2.29. The fourth-order valence-corrected chi connectivity index (χ4v) is 2.43. The Bertz CT molecular complexity index is 423. The Morgan fingerprint density at radius 3 is 2.61 bits per heavy atom. The van der Waals surface area contributed by atoms with Gasteiger partial charge in [0.1, 0.15) is 0 Å². The second-order valence-corrected chi connectivity index (χ2v) is 4.77. The fourth-order valence-electron chi connectivity index (χ4n) is 2.43. The molecule has 1 aromatic rings. The summed E-state index contributed by atoms with van der Waals surface area (Å²) in [4.78, 5) is 14.1. The van der Waals surface area contributed by atoms with Gasteiger partial charge in [0, 0.05) is 18.8 Å². The quantitative estimate of drug-likeness (QED) is 0.768. The highest BCUT2D eigenvalue weighted by atomic mass is 16.5. The van der Waals surface area contributed by atoms with Crippen LogP contribution in [-0.2, 0) is 4.74 Å². The zero-order valence-corrected chi connectivity index (χ0v) is 11.2. The molecule has 3 nitrogen and oxygen atoms in total. The third-order valence-corrected chi connectivity index (χ3v) is 3.43. The van der Waals surface area contributed by atoms with Crippen LogP contribution >= 0.6 is 0 Å². The average molecular weight is 247 g/mol. The lowest BCUT2D eigenvalue weighted by Gasteiger charge is -2.29. The van der Waals surface area contributed by atoms with Gasteiger partial charge in [0.15, 0.2) is 0 Å². The van der Waals surface area contributed by atoms with Crippen molar-refractivity contribution in [1.82, 2.24) is 0 Å². The number of carbonyl (C=O) groups is 1. The van der Waals surface area contributed by atoms with Gasteiger partial charge in [-0.05, 0) is 56.9 Å². The molecular formula is C15H21NO2. The normalized spacial score (nSPS) is 15.6. The summed E-state index contributed by atoms with van der Waals surface area (Å²) in [6, 6.07) is 6.01. The minimum atomic E-state index is -0.222. The molecule has 0 bridgehead atoms. The topological polar surface area (TPSA) is 29.5 Å². The zero-order valence-electron chi connectivity index (χ0n) is 11.2. The van der Waals surface area contributed by atoms with Crippen molar-refractivity contribution in [3.63, 3.8) is 0 Å². The van der Waals surface area contributed by atoms with Crippen LogP contribution in [-0.4, -0.2) is 25.7 Å². The second kappa shape index (κ2) is 5.89. The molecule has 98 valence electrons. The molecule has 3 heteroatoms. The molecule has 1 aliphatic rings. The summed E-state index contributed by atoms with van der Waals surface area (Å²) >= 11 is 0. The lowest BCUT2D eigenvalue weighted by atomic mass is 10.1. The summed E-state index contributed by atoms with van der Waals surface area (Å²) in [6.07, 6.45) is 3.85. The van der Waals surface area contributed by atoms with Crippen LogP contribution in [0.5, 0.6) is 0 Å². The number of benzene rings is 1. The first kappa shape index (κ1) is 12.9. The highest BCUT2D eigenvalue weighted by molar-refractivity contribution is 5.91. The summed E-state index contributed by atoms with van der Waals surface area (Å²) in [6.45, 7) is 6.47. The molecule has 0 saturated carbocycles. The number of ether oxygens (including phenoxy) is 1. The number of carbonyl (C=O) groups excluding carboxylic acids is 1. The van der Waals surface area contributed by atoms with E-state index in [2.05, 4.69) is 11.0 Å². The van der Waals surface area contributed by atoms with E-state index in [1.165, 1.54) is 24.9 Å². The van der Waals surface area contributed by atoms with Gasteiger partial charge in [-0.3, -0.25) is 0 Å². The van der Waals surface area contributed by atoms with Gasteiger partial charge in [0.25, 0.3) is 0 Å². The number of nitrogens with zero attached hydrogens (tertiary/aromatic N) is 1. The Labute approximate surface area is 109 Å². The van der Waals surface area contributed by atoms with Crippen molar-refractivity contribution in [1.29, 1.82) is 0 Å². The number of esters is 1. The van der Waals surface area contributed by atoms with Gasteiger partial charge in [-0.2, -0.15) is 0 Å². The zero-order chi connectivity index (χ0) is 13.0. The molecule has 0 aromatic heterocycles. The number of anilines is 1. The standard InChI is InChI=1S/C15H21NO2/c1-3-18-15(17)14-8-7-13(11-12(14)2)16-9-5-4-6-10-16/h7-8,11H,3-6,9-10H2,1-2H3. The third-order valence-electron chi connectivity index (χ3n) is 3.43. The van der Waals surface area contributed by atoms with Crippen molar-refractivity contribution in [2.24, 2.45) is 0 Å². The fraction of sp³-hybridized carbons (Fsp3) is 0.533. The van der Waals surface area contributed by atoms with Crippen LogP contribution in [0.15, 0.2) is 18.2 Å². The van der Waals surface area contributed by atoms with Gasteiger partial charge >= 0.3 is 5.97 Å². The van der Waals surface area contributed by atoms with E-state index in [4.69, 9.17) is 4.74 Å². The van der Waals surface area contributed by atoms with E-state index in [1.807, 2.05) is 26.0 Å². The molecule has 0 N–H and O–H groups in total. The van der Waals surface area contributed by atoms with E-state index in [0.717, 1.165) is 18.7 Å². The molecule has 2 rings (SSSR count). The molecule has 0 atom stereocenters. The SMILES string of the molecule is CCOC(=O)c1ccc(N2CCCCC2)cc1C. The molecule has 1 saturated heterocycles. The number of hydrogen-bond acceptors (Lipinski definition) is 3. The summed E-state index contributed by atoms with van der Waals surface area (Å²) in [5, 5.41) is 0. The molecule has 1 fully saturated rings. The van der Waals surface area contributed by atoms with E-state index in [1.54, 1.807) is 0 Å². The highest BCUT2D eigenvalue weighted by Gasteiger charge is 2.14. The summed E-state index contributed by atoms with van der Waals surface area (Å²) in [7, 11) is 0. The van der Waals surface area contributed by atoms with Crippen LogP contribution in [0.1, 0.15) is 42.1 Å². The summed E-state index contributed by atoms with van der Waals surface area (Å²) in [5.74, 6) is -0.222. The summed E-state index contributed by atoms with van der Waals surface area (Å²) < 4.78 is 5.04.